The minimum atomic E-state index is 0.264. The molecule has 2 aliphatic rings. The Balaban J connectivity index is 0.765. The quantitative estimate of drug-likeness (QED) is 0.0420. The predicted molar refractivity (Wildman–Crippen MR) is 286 cm³/mol. The lowest BCUT2D eigenvalue weighted by Gasteiger charge is -2.40. The number of unbranched alkanes of at least 4 members (excludes halogenated alkanes) is 4. The third-order valence-electron chi connectivity index (χ3n) is 14.9. The van der Waals surface area contributed by atoms with Crippen LogP contribution < -0.4 is 0 Å². The molecule has 8 aromatic rings. The summed E-state index contributed by atoms with van der Waals surface area (Å²) in [6.45, 7) is 13.9. The number of fused-ring (bicyclic) bond motifs is 5. The van der Waals surface area contributed by atoms with E-state index in [1.807, 2.05) is 11.3 Å². The van der Waals surface area contributed by atoms with Crippen LogP contribution in [0.15, 0.2) is 133 Å². The summed E-state index contributed by atoms with van der Waals surface area (Å²) in [4.78, 5) is 0. The molecule has 0 amide bonds. The minimum absolute atomic E-state index is 0.264. The molecule has 7 aromatic carbocycles. The summed E-state index contributed by atoms with van der Waals surface area (Å²) >= 11 is 1.87. The molecule has 0 bridgehead atoms. The monoisotopic (exact) mass is 940 g/mol. The Morgan fingerprint density at radius 2 is 0.855 bits per heavy atom. The molecule has 2 saturated heterocycles. The first-order valence-corrected chi connectivity index (χ1v) is 26.4. The molecule has 10 rings (SSSR count). The Morgan fingerprint density at radius 3 is 1.35 bits per heavy atom. The van der Waals surface area contributed by atoms with Gasteiger partial charge in [-0.25, -0.2) is 0 Å². The normalized spacial score (nSPS) is 15.3. The van der Waals surface area contributed by atoms with Crippen molar-refractivity contribution in [2.45, 2.75) is 78.4 Å². The summed E-state index contributed by atoms with van der Waals surface area (Å²) in [5.41, 5.74) is 10.4. The van der Waals surface area contributed by atoms with Crippen LogP contribution in [0.1, 0.15) is 76.3 Å². The lowest BCUT2D eigenvalue weighted by Crippen LogP contribution is -2.45. The van der Waals surface area contributed by atoms with Crippen LogP contribution in [0.25, 0.3) is 75.1 Å². The summed E-state index contributed by atoms with van der Waals surface area (Å²) in [5, 5.41) is 7.66. The number of benzene rings is 7. The van der Waals surface area contributed by atoms with Crippen molar-refractivity contribution < 1.29 is 28.4 Å². The fraction of sp³-hybridized carbons (Fsp3) is 0.387. The highest BCUT2D eigenvalue weighted by molar-refractivity contribution is 7.25. The molecule has 0 N–H and O–H groups in total. The van der Waals surface area contributed by atoms with Crippen molar-refractivity contribution in [3.05, 3.63) is 145 Å². The maximum Gasteiger partial charge on any atom is 0.0717 e. The predicted octanol–water partition coefficient (Wildman–Crippen LogP) is 15.6. The van der Waals surface area contributed by atoms with E-state index in [-0.39, 0.29) is 10.8 Å². The number of hydrogen-bond acceptors (Lipinski definition) is 7. The van der Waals surface area contributed by atoms with Crippen molar-refractivity contribution in [1.29, 1.82) is 0 Å². The van der Waals surface area contributed by atoms with E-state index in [1.165, 1.54) is 86.2 Å². The number of hydrogen-bond donors (Lipinski definition) is 0. The van der Waals surface area contributed by atoms with Crippen LogP contribution in [0.4, 0.5) is 0 Å². The summed E-state index contributed by atoms with van der Waals surface area (Å²) in [6, 6.07) is 49.8. The molecule has 1 aromatic heterocycles. The van der Waals surface area contributed by atoms with E-state index in [9.17, 15) is 0 Å². The zero-order valence-electron chi connectivity index (χ0n) is 40.7. The molecule has 0 atom stereocenters. The first-order chi connectivity index (χ1) is 34.0. The van der Waals surface area contributed by atoms with Gasteiger partial charge in [0.15, 0.2) is 0 Å². The fourth-order valence-corrected chi connectivity index (χ4v) is 11.3. The van der Waals surface area contributed by atoms with Gasteiger partial charge in [0.05, 0.1) is 52.9 Å². The van der Waals surface area contributed by atoms with Gasteiger partial charge in [-0.3, -0.25) is 0 Å². The van der Waals surface area contributed by atoms with Crippen LogP contribution in [0.2, 0.25) is 0 Å². The van der Waals surface area contributed by atoms with Crippen LogP contribution in [-0.4, -0.2) is 66.1 Å². The summed E-state index contributed by atoms with van der Waals surface area (Å²) < 4.78 is 37.7. The van der Waals surface area contributed by atoms with E-state index >= 15 is 0 Å². The van der Waals surface area contributed by atoms with Crippen molar-refractivity contribution in [2.75, 3.05) is 66.1 Å². The summed E-state index contributed by atoms with van der Waals surface area (Å²) in [6.07, 6.45) is 8.75. The van der Waals surface area contributed by atoms with Crippen LogP contribution in [-0.2, 0) is 41.6 Å². The van der Waals surface area contributed by atoms with Gasteiger partial charge in [0.25, 0.3) is 0 Å². The van der Waals surface area contributed by atoms with Crippen molar-refractivity contribution >= 4 is 53.1 Å². The first-order valence-electron chi connectivity index (χ1n) is 25.6. The van der Waals surface area contributed by atoms with Gasteiger partial charge < -0.3 is 28.4 Å². The Labute approximate surface area is 412 Å². The molecular formula is C62H68O6S. The van der Waals surface area contributed by atoms with E-state index in [2.05, 4.69) is 147 Å². The van der Waals surface area contributed by atoms with E-state index in [0.717, 1.165) is 117 Å². The minimum Gasteiger partial charge on any atom is -0.381 e. The molecule has 2 fully saturated rings. The van der Waals surface area contributed by atoms with Gasteiger partial charge in [0.1, 0.15) is 0 Å². The Morgan fingerprint density at radius 1 is 0.406 bits per heavy atom. The molecule has 358 valence electrons. The maximum absolute atomic E-state index is 6.13. The lowest BCUT2D eigenvalue weighted by molar-refractivity contribution is -0.150. The largest absolute Gasteiger partial charge is 0.381 e. The second-order valence-corrected chi connectivity index (χ2v) is 20.9. The Bertz CT molecular complexity index is 2880. The number of rotatable bonds is 25. The maximum atomic E-state index is 6.13. The van der Waals surface area contributed by atoms with Crippen molar-refractivity contribution in [2.24, 2.45) is 10.8 Å². The van der Waals surface area contributed by atoms with E-state index in [4.69, 9.17) is 28.4 Å². The van der Waals surface area contributed by atoms with Crippen molar-refractivity contribution in [3.8, 4) is 33.4 Å². The standard InChI is InChI=1S/C62H68O6S/c1-3-61(41-67-42-61)39-65-33-13-5-11-31-63-37-45-19-22-48(23-20-45)59-52-15-7-9-17-54(52)60(55-18-10-8-16-53(55)59)49-26-24-47(25-27-49)50-28-29-51-56-35-46(21-30-57(56)69-58(51)36-50)38-64-32-12-6-14-34-66-40-62(4-2)43-68-44-62/h7-10,15-30,35-36H,3-6,11-14,31-34,37-44H2,1-2H3. The zero-order valence-corrected chi connectivity index (χ0v) is 41.5. The molecule has 69 heavy (non-hydrogen) atoms. The topological polar surface area (TPSA) is 55.4 Å². The molecule has 0 unspecified atom stereocenters. The highest BCUT2D eigenvalue weighted by Crippen LogP contribution is 2.44. The average Bonchev–Trinajstić information content (AvgIpc) is 3.73. The summed E-state index contributed by atoms with van der Waals surface area (Å²) in [5.74, 6) is 0. The molecule has 0 saturated carbocycles. The molecule has 0 aliphatic carbocycles. The van der Waals surface area contributed by atoms with Gasteiger partial charge in [-0.1, -0.05) is 129 Å². The van der Waals surface area contributed by atoms with Crippen LogP contribution in [0.5, 0.6) is 0 Å². The molecule has 3 heterocycles. The Hall–Kier alpha value is -4.96. The van der Waals surface area contributed by atoms with E-state index < -0.39 is 0 Å². The van der Waals surface area contributed by atoms with Gasteiger partial charge in [-0.15, -0.1) is 11.3 Å². The molecule has 6 nitrogen and oxygen atoms in total. The second kappa shape index (κ2) is 22.4. The number of thiophene rings is 1. The van der Waals surface area contributed by atoms with Crippen LogP contribution in [0.3, 0.4) is 0 Å². The van der Waals surface area contributed by atoms with Gasteiger partial charge >= 0.3 is 0 Å². The molecule has 0 radical (unpaired) electrons. The molecular weight excluding hydrogens is 873 g/mol. The van der Waals surface area contributed by atoms with E-state index in [0.29, 0.717) is 13.2 Å². The fourth-order valence-electron chi connectivity index (χ4n) is 10.1. The first kappa shape index (κ1) is 47.7. The summed E-state index contributed by atoms with van der Waals surface area (Å²) in [7, 11) is 0. The molecule has 2 aliphatic heterocycles. The van der Waals surface area contributed by atoms with E-state index in [1.54, 1.807) is 0 Å². The van der Waals surface area contributed by atoms with Gasteiger partial charge in [0.2, 0.25) is 0 Å². The van der Waals surface area contributed by atoms with Gasteiger partial charge in [0, 0.05) is 57.4 Å². The third kappa shape index (κ3) is 10.9. The van der Waals surface area contributed by atoms with Crippen molar-refractivity contribution in [3.63, 3.8) is 0 Å². The molecule has 0 spiro atoms. The number of ether oxygens (including phenoxy) is 6. The lowest BCUT2D eigenvalue weighted by atomic mass is 9.84. The zero-order chi connectivity index (χ0) is 46.9. The second-order valence-electron chi connectivity index (χ2n) is 19.8. The van der Waals surface area contributed by atoms with Gasteiger partial charge in [-0.05, 0) is 136 Å². The molecule has 7 heteroatoms. The smallest absolute Gasteiger partial charge is 0.0717 e. The van der Waals surface area contributed by atoms with Crippen LogP contribution in [0, 0.1) is 10.8 Å². The average molecular weight is 941 g/mol. The third-order valence-corrected chi connectivity index (χ3v) is 16.0. The SMILES string of the molecule is CCC1(COCCCCCOCc2ccc(-c3c4ccccc4c(-c4ccc(-c5ccc6c(c5)sc5ccc(COCCCCCOCC7(CC)COC7)cc56)cc4)c4ccccc34)cc2)COC1. The van der Waals surface area contributed by atoms with Crippen LogP contribution >= 0.6 is 11.3 Å². The van der Waals surface area contributed by atoms with Crippen molar-refractivity contribution in [1.82, 2.24) is 0 Å². The highest BCUT2D eigenvalue weighted by Gasteiger charge is 2.37. The highest BCUT2D eigenvalue weighted by atomic mass is 32.1. The Kier molecular flexibility index (Phi) is 15.5. The van der Waals surface area contributed by atoms with Gasteiger partial charge in [-0.2, -0.15) is 0 Å².